The standard InChI is InChI=1S/C39H70O4/c1-3-5-7-9-11-13-15-17-19-20-21-22-24-26-28-30-32-34-39(41)43-38(36-40)37-42-35-33-31-29-27-25-23-18-16-14-12-10-8-6-4-2/h11,13,17,19,21-22,26,28,38,40H,3-10,12,14-16,18,20,23-25,27,29-37H2,1-2H3/b13-11-,19-17-,22-21-,28-26-. The summed E-state index contributed by atoms with van der Waals surface area (Å²) in [5.74, 6) is -0.255. The van der Waals surface area contributed by atoms with E-state index >= 15 is 0 Å². The third-order valence-electron chi connectivity index (χ3n) is 7.66. The summed E-state index contributed by atoms with van der Waals surface area (Å²) < 4.78 is 11.1. The van der Waals surface area contributed by atoms with Crippen LogP contribution in [0.2, 0.25) is 0 Å². The molecule has 0 bridgehead atoms. The summed E-state index contributed by atoms with van der Waals surface area (Å²) in [5.41, 5.74) is 0. The van der Waals surface area contributed by atoms with E-state index in [-0.39, 0.29) is 19.2 Å². The second kappa shape index (κ2) is 36.5. The van der Waals surface area contributed by atoms with Crippen molar-refractivity contribution < 1.29 is 19.4 Å². The van der Waals surface area contributed by atoms with Crippen molar-refractivity contribution in [3.8, 4) is 0 Å². The molecule has 0 aliphatic rings. The Bertz CT molecular complexity index is 679. The summed E-state index contributed by atoms with van der Waals surface area (Å²) in [6.45, 7) is 5.26. The summed E-state index contributed by atoms with van der Waals surface area (Å²) in [6.07, 6.45) is 45.8. The monoisotopic (exact) mass is 603 g/mol. The van der Waals surface area contributed by atoms with Crippen molar-refractivity contribution in [2.45, 2.75) is 174 Å². The number of esters is 1. The van der Waals surface area contributed by atoms with Crippen LogP contribution in [0, 0.1) is 0 Å². The second-order valence-corrected chi connectivity index (χ2v) is 11.9. The Morgan fingerprint density at radius 1 is 0.558 bits per heavy atom. The molecule has 0 fully saturated rings. The molecule has 0 radical (unpaired) electrons. The zero-order valence-corrected chi connectivity index (χ0v) is 28.5. The van der Waals surface area contributed by atoms with Crippen LogP contribution in [0.3, 0.4) is 0 Å². The number of ether oxygens (including phenoxy) is 2. The molecule has 0 saturated carbocycles. The molecule has 0 saturated heterocycles. The van der Waals surface area contributed by atoms with Gasteiger partial charge in [0, 0.05) is 13.0 Å². The summed E-state index contributed by atoms with van der Waals surface area (Å²) in [5, 5.41) is 9.54. The molecule has 1 N–H and O–H groups in total. The lowest BCUT2D eigenvalue weighted by molar-refractivity contribution is -0.154. The molecule has 0 heterocycles. The van der Waals surface area contributed by atoms with Crippen molar-refractivity contribution in [3.63, 3.8) is 0 Å². The molecule has 0 amide bonds. The van der Waals surface area contributed by atoms with Crippen LogP contribution in [0.4, 0.5) is 0 Å². The molecule has 4 heteroatoms. The fourth-order valence-electron chi connectivity index (χ4n) is 4.91. The van der Waals surface area contributed by atoms with Crippen LogP contribution in [0.25, 0.3) is 0 Å². The van der Waals surface area contributed by atoms with Gasteiger partial charge < -0.3 is 14.6 Å². The minimum Gasteiger partial charge on any atom is -0.457 e. The zero-order valence-electron chi connectivity index (χ0n) is 28.5. The Morgan fingerprint density at radius 2 is 0.977 bits per heavy atom. The number of unbranched alkanes of at least 4 members (excludes halogenated alkanes) is 17. The highest BCUT2D eigenvalue weighted by Crippen LogP contribution is 2.13. The van der Waals surface area contributed by atoms with Gasteiger partial charge >= 0.3 is 5.97 Å². The van der Waals surface area contributed by atoms with Gasteiger partial charge in [-0.2, -0.15) is 0 Å². The van der Waals surface area contributed by atoms with Crippen LogP contribution in [0.5, 0.6) is 0 Å². The van der Waals surface area contributed by atoms with E-state index in [1.807, 2.05) is 0 Å². The first-order valence-corrected chi connectivity index (χ1v) is 18.2. The lowest BCUT2D eigenvalue weighted by Gasteiger charge is -2.15. The van der Waals surface area contributed by atoms with Crippen molar-refractivity contribution in [1.29, 1.82) is 0 Å². The molecule has 0 aliphatic heterocycles. The smallest absolute Gasteiger partial charge is 0.306 e. The molecule has 43 heavy (non-hydrogen) atoms. The minimum absolute atomic E-state index is 0.193. The summed E-state index contributed by atoms with van der Waals surface area (Å²) in [6, 6.07) is 0. The van der Waals surface area contributed by atoms with E-state index in [9.17, 15) is 9.90 Å². The molecule has 250 valence electrons. The number of aliphatic hydroxyl groups excluding tert-OH is 1. The van der Waals surface area contributed by atoms with Crippen molar-refractivity contribution in [1.82, 2.24) is 0 Å². The Kier molecular flexibility index (Phi) is 35.1. The van der Waals surface area contributed by atoms with Gasteiger partial charge in [-0.05, 0) is 51.4 Å². The van der Waals surface area contributed by atoms with Gasteiger partial charge in [0.15, 0.2) is 0 Å². The molecular formula is C39H70O4. The average Bonchev–Trinajstić information content (AvgIpc) is 3.01. The van der Waals surface area contributed by atoms with Gasteiger partial charge in [0.05, 0.1) is 13.2 Å². The third kappa shape index (κ3) is 34.7. The van der Waals surface area contributed by atoms with Gasteiger partial charge in [-0.25, -0.2) is 0 Å². The Morgan fingerprint density at radius 3 is 1.47 bits per heavy atom. The van der Waals surface area contributed by atoms with Gasteiger partial charge in [-0.1, -0.05) is 159 Å². The molecule has 4 nitrogen and oxygen atoms in total. The van der Waals surface area contributed by atoms with E-state index in [2.05, 4.69) is 62.5 Å². The molecule has 1 atom stereocenters. The van der Waals surface area contributed by atoms with Crippen LogP contribution in [-0.2, 0) is 14.3 Å². The highest BCUT2D eigenvalue weighted by molar-refractivity contribution is 5.69. The molecule has 1 unspecified atom stereocenters. The van der Waals surface area contributed by atoms with Crippen molar-refractivity contribution >= 4 is 5.97 Å². The van der Waals surface area contributed by atoms with E-state index < -0.39 is 6.10 Å². The summed E-state index contributed by atoms with van der Waals surface area (Å²) in [7, 11) is 0. The van der Waals surface area contributed by atoms with Gasteiger partial charge in [0.25, 0.3) is 0 Å². The van der Waals surface area contributed by atoms with E-state index in [1.54, 1.807) is 0 Å². The molecule has 0 rings (SSSR count). The average molecular weight is 603 g/mol. The second-order valence-electron chi connectivity index (χ2n) is 11.9. The van der Waals surface area contributed by atoms with Gasteiger partial charge in [0.2, 0.25) is 0 Å². The van der Waals surface area contributed by atoms with Crippen molar-refractivity contribution in [3.05, 3.63) is 48.6 Å². The molecule has 0 aliphatic carbocycles. The molecular weight excluding hydrogens is 532 g/mol. The van der Waals surface area contributed by atoms with Crippen molar-refractivity contribution in [2.75, 3.05) is 19.8 Å². The Hall–Kier alpha value is -1.65. The summed E-state index contributed by atoms with van der Waals surface area (Å²) in [4.78, 5) is 12.1. The highest BCUT2D eigenvalue weighted by atomic mass is 16.6. The van der Waals surface area contributed by atoms with Crippen LogP contribution < -0.4 is 0 Å². The SMILES string of the molecule is CCCCC/C=C\C/C=C\C/C=C\C/C=C\CCCC(=O)OC(CO)COCCCCCCCCCCCCCCCC. The van der Waals surface area contributed by atoms with E-state index in [1.165, 1.54) is 109 Å². The lowest BCUT2D eigenvalue weighted by atomic mass is 10.0. The van der Waals surface area contributed by atoms with Crippen LogP contribution in [-0.4, -0.2) is 37.0 Å². The van der Waals surface area contributed by atoms with Gasteiger partial charge in [0.1, 0.15) is 6.10 Å². The Labute approximate surface area is 267 Å². The predicted molar refractivity (Wildman–Crippen MR) is 187 cm³/mol. The normalized spacial score (nSPS) is 12.9. The minimum atomic E-state index is -0.560. The van der Waals surface area contributed by atoms with Crippen LogP contribution in [0.1, 0.15) is 168 Å². The third-order valence-corrected chi connectivity index (χ3v) is 7.66. The maximum Gasteiger partial charge on any atom is 0.306 e. The van der Waals surface area contributed by atoms with Crippen LogP contribution >= 0.6 is 0 Å². The van der Waals surface area contributed by atoms with Crippen molar-refractivity contribution in [2.24, 2.45) is 0 Å². The summed E-state index contributed by atoms with van der Waals surface area (Å²) >= 11 is 0. The molecule has 0 aromatic carbocycles. The fourth-order valence-corrected chi connectivity index (χ4v) is 4.91. The molecule has 0 spiro atoms. The first-order valence-electron chi connectivity index (χ1n) is 18.2. The number of carbonyl (C=O) groups excluding carboxylic acids is 1. The first kappa shape index (κ1) is 41.4. The quantitative estimate of drug-likeness (QED) is 0.0461. The number of hydrogen-bond donors (Lipinski definition) is 1. The lowest BCUT2D eigenvalue weighted by Crippen LogP contribution is -2.27. The molecule has 0 aromatic rings. The number of hydrogen-bond acceptors (Lipinski definition) is 4. The van der Waals surface area contributed by atoms with E-state index in [0.717, 1.165) is 38.5 Å². The maximum absolute atomic E-state index is 12.1. The number of aliphatic hydroxyl groups is 1. The zero-order chi connectivity index (χ0) is 31.3. The maximum atomic E-state index is 12.1. The van der Waals surface area contributed by atoms with E-state index in [4.69, 9.17) is 9.47 Å². The van der Waals surface area contributed by atoms with Gasteiger partial charge in [-0.3, -0.25) is 4.79 Å². The van der Waals surface area contributed by atoms with Gasteiger partial charge in [-0.15, -0.1) is 0 Å². The number of rotatable bonds is 33. The Balaban J connectivity index is 3.56. The molecule has 0 aromatic heterocycles. The number of carbonyl (C=O) groups is 1. The number of allylic oxidation sites excluding steroid dienone is 8. The van der Waals surface area contributed by atoms with E-state index in [0.29, 0.717) is 13.0 Å². The topological polar surface area (TPSA) is 55.8 Å². The largest absolute Gasteiger partial charge is 0.457 e. The first-order chi connectivity index (χ1) is 21.2. The predicted octanol–water partition coefficient (Wildman–Crippen LogP) is 11.5. The van der Waals surface area contributed by atoms with Crippen LogP contribution in [0.15, 0.2) is 48.6 Å². The highest BCUT2D eigenvalue weighted by Gasteiger charge is 2.13. The fraction of sp³-hybridized carbons (Fsp3) is 0.769.